The summed E-state index contributed by atoms with van der Waals surface area (Å²) in [6, 6.07) is 15.0. The highest BCUT2D eigenvalue weighted by Gasteiger charge is 2.01. The second kappa shape index (κ2) is 6.73. The molecule has 0 heterocycles. The Morgan fingerprint density at radius 1 is 1.00 bits per heavy atom. The summed E-state index contributed by atoms with van der Waals surface area (Å²) in [6.45, 7) is 0.488. The van der Waals surface area contributed by atoms with Crippen LogP contribution in [0.25, 0.3) is 0 Å². The van der Waals surface area contributed by atoms with Crippen molar-refractivity contribution in [1.29, 1.82) is 0 Å². The van der Waals surface area contributed by atoms with Crippen molar-refractivity contribution in [2.75, 3.05) is 5.32 Å². The normalized spacial score (nSPS) is 10.0. The van der Waals surface area contributed by atoms with Gasteiger partial charge in [0.1, 0.15) is 0 Å². The Balaban J connectivity index is 1.86. The Morgan fingerprint density at radius 3 is 2.42 bits per heavy atom. The first-order chi connectivity index (χ1) is 9.13. The fourth-order valence-corrected chi connectivity index (χ4v) is 2.25. The van der Waals surface area contributed by atoms with E-state index in [2.05, 4.69) is 42.5 Å². The summed E-state index contributed by atoms with van der Waals surface area (Å²) < 4.78 is 1.98. The zero-order valence-electron chi connectivity index (χ0n) is 9.99. The van der Waals surface area contributed by atoms with Crippen LogP contribution in [0.1, 0.15) is 5.56 Å². The smallest absolute Gasteiger partial charge is 0.319 e. The summed E-state index contributed by atoms with van der Waals surface area (Å²) in [5.74, 6) is 0. The largest absolute Gasteiger partial charge is 0.334 e. The van der Waals surface area contributed by atoms with Gasteiger partial charge in [0, 0.05) is 21.2 Å². The molecule has 0 aliphatic carbocycles. The van der Waals surface area contributed by atoms with Crippen LogP contribution in [0.15, 0.2) is 57.5 Å². The molecule has 2 N–H and O–H groups in total. The fraction of sp³-hybridized carbons (Fsp3) is 0.0714. The van der Waals surface area contributed by atoms with Crippen LogP contribution in [0.3, 0.4) is 0 Å². The number of rotatable bonds is 3. The first-order valence-corrected chi connectivity index (χ1v) is 7.27. The average molecular weight is 384 g/mol. The lowest BCUT2D eigenvalue weighted by atomic mass is 10.2. The van der Waals surface area contributed by atoms with Crippen LogP contribution in [0, 0.1) is 0 Å². The summed E-state index contributed by atoms with van der Waals surface area (Å²) in [6.07, 6.45) is 0. The summed E-state index contributed by atoms with van der Waals surface area (Å²) in [7, 11) is 0. The Bertz CT molecular complexity index is 570. The SMILES string of the molecule is O=C(NCc1cccc(Br)c1)Nc1ccc(Br)cc1. The molecule has 0 aromatic heterocycles. The molecule has 0 radical (unpaired) electrons. The van der Waals surface area contributed by atoms with Crippen molar-refractivity contribution < 1.29 is 4.79 Å². The minimum absolute atomic E-state index is 0.220. The van der Waals surface area contributed by atoms with Gasteiger partial charge in [-0.1, -0.05) is 44.0 Å². The second-order valence-corrected chi connectivity index (χ2v) is 5.78. The van der Waals surface area contributed by atoms with Gasteiger partial charge >= 0.3 is 6.03 Å². The lowest BCUT2D eigenvalue weighted by Crippen LogP contribution is -2.28. The molecule has 19 heavy (non-hydrogen) atoms. The van der Waals surface area contributed by atoms with Gasteiger partial charge in [0.2, 0.25) is 0 Å². The zero-order valence-corrected chi connectivity index (χ0v) is 13.2. The van der Waals surface area contributed by atoms with Gasteiger partial charge in [0.15, 0.2) is 0 Å². The Kier molecular flexibility index (Phi) is 4.99. The summed E-state index contributed by atoms with van der Waals surface area (Å²) in [5, 5.41) is 5.58. The minimum atomic E-state index is -0.220. The zero-order chi connectivity index (χ0) is 13.7. The van der Waals surface area contributed by atoms with E-state index in [4.69, 9.17) is 0 Å². The predicted octanol–water partition coefficient (Wildman–Crippen LogP) is 4.53. The van der Waals surface area contributed by atoms with Crippen LogP contribution in [0.2, 0.25) is 0 Å². The van der Waals surface area contributed by atoms with Crippen LogP contribution in [-0.2, 0) is 6.54 Å². The van der Waals surface area contributed by atoms with Gasteiger partial charge in [-0.15, -0.1) is 0 Å². The van der Waals surface area contributed by atoms with E-state index < -0.39 is 0 Å². The third-order valence-corrected chi connectivity index (χ3v) is 3.47. The standard InChI is InChI=1S/C14H12Br2N2O/c15-11-4-6-13(7-5-11)18-14(19)17-9-10-2-1-3-12(16)8-10/h1-8H,9H2,(H2,17,18,19). The van der Waals surface area contributed by atoms with Crippen molar-refractivity contribution in [2.24, 2.45) is 0 Å². The molecule has 2 rings (SSSR count). The molecule has 5 heteroatoms. The molecular weight excluding hydrogens is 372 g/mol. The highest BCUT2D eigenvalue weighted by molar-refractivity contribution is 9.10. The van der Waals surface area contributed by atoms with E-state index >= 15 is 0 Å². The lowest BCUT2D eigenvalue weighted by molar-refractivity contribution is 0.251. The molecule has 98 valence electrons. The Labute approximate surface area is 128 Å². The topological polar surface area (TPSA) is 41.1 Å². The quantitative estimate of drug-likeness (QED) is 0.802. The molecule has 0 spiro atoms. The van der Waals surface area contributed by atoms with Crippen LogP contribution >= 0.6 is 31.9 Å². The predicted molar refractivity (Wildman–Crippen MR) is 84.1 cm³/mol. The Hall–Kier alpha value is -1.33. The molecule has 0 aliphatic rings. The highest BCUT2D eigenvalue weighted by atomic mass is 79.9. The molecule has 2 aromatic carbocycles. The van der Waals surface area contributed by atoms with Crippen molar-refractivity contribution in [3.63, 3.8) is 0 Å². The number of benzene rings is 2. The number of carbonyl (C=O) groups excluding carboxylic acids is 1. The molecule has 2 amide bonds. The monoisotopic (exact) mass is 382 g/mol. The highest BCUT2D eigenvalue weighted by Crippen LogP contribution is 2.14. The van der Waals surface area contributed by atoms with Crippen molar-refractivity contribution >= 4 is 43.6 Å². The van der Waals surface area contributed by atoms with Crippen LogP contribution < -0.4 is 10.6 Å². The van der Waals surface area contributed by atoms with Gasteiger partial charge in [-0.2, -0.15) is 0 Å². The molecular formula is C14H12Br2N2O. The fourth-order valence-electron chi connectivity index (χ4n) is 1.54. The molecule has 0 fully saturated rings. The van der Waals surface area contributed by atoms with Gasteiger partial charge in [-0.05, 0) is 42.0 Å². The number of amides is 2. The van der Waals surface area contributed by atoms with Crippen LogP contribution in [-0.4, -0.2) is 6.03 Å². The van der Waals surface area contributed by atoms with Crippen LogP contribution in [0.5, 0.6) is 0 Å². The second-order valence-electron chi connectivity index (χ2n) is 3.94. The number of anilines is 1. The minimum Gasteiger partial charge on any atom is -0.334 e. The van der Waals surface area contributed by atoms with Crippen molar-refractivity contribution in [3.8, 4) is 0 Å². The number of urea groups is 1. The van der Waals surface area contributed by atoms with E-state index in [0.717, 1.165) is 20.2 Å². The molecule has 3 nitrogen and oxygen atoms in total. The summed E-state index contributed by atoms with van der Waals surface area (Å²) in [5.41, 5.74) is 1.80. The van der Waals surface area contributed by atoms with Crippen molar-refractivity contribution in [2.45, 2.75) is 6.54 Å². The number of nitrogens with one attached hydrogen (secondary N) is 2. The Morgan fingerprint density at radius 2 is 1.74 bits per heavy atom. The van der Waals surface area contributed by atoms with Gasteiger partial charge in [0.05, 0.1) is 0 Å². The maximum Gasteiger partial charge on any atom is 0.319 e. The molecule has 0 aliphatic heterocycles. The lowest BCUT2D eigenvalue weighted by Gasteiger charge is -2.08. The van der Waals surface area contributed by atoms with E-state index in [9.17, 15) is 4.79 Å². The maximum atomic E-state index is 11.7. The van der Waals surface area contributed by atoms with Gasteiger partial charge in [-0.25, -0.2) is 4.79 Å². The first-order valence-electron chi connectivity index (χ1n) is 5.68. The number of hydrogen-bond donors (Lipinski definition) is 2. The maximum absolute atomic E-state index is 11.7. The average Bonchev–Trinajstić information content (AvgIpc) is 2.39. The molecule has 0 saturated carbocycles. The summed E-state index contributed by atoms with van der Waals surface area (Å²) >= 11 is 6.74. The van der Waals surface area contributed by atoms with E-state index in [1.807, 2.05) is 48.5 Å². The van der Waals surface area contributed by atoms with E-state index in [1.165, 1.54) is 0 Å². The number of carbonyl (C=O) groups is 1. The molecule has 2 aromatic rings. The van der Waals surface area contributed by atoms with Crippen LogP contribution in [0.4, 0.5) is 10.5 Å². The van der Waals surface area contributed by atoms with E-state index in [0.29, 0.717) is 6.54 Å². The van der Waals surface area contributed by atoms with Gasteiger partial charge in [-0.3, -0.25) is 0 Å². The van der Waals surface area contributed by atoms with E-state index in [1.54, 1.807) is 0 Å². The third-order valence-electron chi connectivity index (χ3n) is 2.44. The third kappa shape index (κ3) is 4.69. The number of hydrogen-bond acceptors (Lipinski definition) is 1. The first kappa shape index (κ1) is 14.1. The van der Waals surface area contributed by atoms with E-state index in [-0.39, 0.29) is 6.03 Å². The summed E-state index contributed by atoms with van der Waals surface area (Å²) in [4.78, 5) is 11.7. The molecule has 0 atom stereocenters. The van der Waals surface area contributed by atoms with Crippen molar-refractivity contribution in [3.05, 3.63) is 63.0 Å². The number of halogens is 2. The van der Waals surface area contributed by atoms with Gasteiger partial charge in [0.25, 0.3) is 0 Å². The molecule has 0 unspecified atom stereocenters. The molecule has 0 bridgehead atoms. The van der Waals surface area contributed by atoms with Crippen molar-refractivity contribution in [1.82, 2.24) is 5.32 Å². The molecule has 0 saturated heterocycles. The van der Waals surface area contributed by atoms with Gasteiger partial charge < -0.3 is 10.6 Å².